The lowest BCUT2D eigenvalue weighted by Crippen LogP contribution is -2.41. The third-order valence-corrected chi connectivity index (χ3v) is 4.16. The van der Waals surface area contributed by atoms with Crippen molar-refractivity contribution < 1.29 is 9.32 Å². The second-order valence-corrected chi connectivity index (χ2v) is 6.67. The van der Waals surface area contributed by atoms with E-state index in [1.54, 1.807) is 24.3 Å². The van der Waals surface area contributed by atoms with Gasteiger partial charge in [-0.3, -0.25) is 4.79 Å². The minimum atomic E-state index is -0.743. The van der Waals surface area contributed by atoms with Crippen LogP contribution in [0.2, 0.25) is 5.02 Å². The Morgan fingerprint density at radius 3 is 3.00 bits per heavy atom. The Morgan fingerprint density at radius 1 is 1.48 bits per heavy atom. The number of rotatable bonds is 4. The monoisotopic (exact) mass is 334 g/mol. The minimum absolute atomic E-state index is 0.230. The number of benzene rings is 1. The van der Waals surface area contributed by atoms with E-state index < -0.39 is 5.54 Å². The maximum atomic E-state index is 12.4. The summed E-state index contributed by atoms with van der Waals surface area (Å²) in [5, 5.41) is 10.8. The molecule has 1 aliphatic rings. The molecule has 2 N–H and O–H groups in total. The number of aromatic nitrogens is 2. The van der Waals surface area contributed by atoms with Crippen LogP contribution in [-0.2, 0) is 5.54 Å². The number of amides is 1. The van der Waals surface area contributed by atoms with Gasteiger partial charge in [0.2, 0.25) is 5.89 Å². The van der Waals surface area contributed by atoms with Gasteiger partial charge in [0.05, 0.1) is 11.5 Å². The van der Waals surface area contributed by atoms with E-state index in [0.29, 0.717) is 22.3 Å². The molecule has 1 aromatic carbocycles. The molecule has 1 saturated heterocycles. The fraction of sp³-hybridized carbons (Fsp3) is 0.438. The molecule has 0 aliphatic carbocycles. The van der Waals surface area contributed by atoms with Crippen molar-refractivity contribution in [3.8, 4) is 0 Å². The number of nitrogens with zero attached hydrogens (tertiary/aromatic N) is 2. The normalized spacial score (nSPS) is 18.1. The molecule has 0 unspecified atom stereocenters. The number of nitrogens with one attached hydrogen (secondary N) is 2. The second kappa shape index (κ2) is 6.29. The van der Waals surface area contributed by atoms with Crippen LogP contribution in [-0.4, -0.2) is 29.1 Å². The summed E-state index contributed by atoms with van der Waals surface area (Å²) in [6.07, 6.45) is 0.983. The van der Waals surface area contributed by atoms with Crippen LogP contribution in [0.3, 0.4) is 0 Å². The Bertz CT molecular complexity index is 708. The number of carbonyl (C=O) groups excluding carboxylic acids is 1. The van der Waals surface area contributed by atoms with Crippen molar-refractivity contribution in [2.75, 3.05) is 13.1 Å². The van der Waals surface area contributed by atoms with Gasteiger partial charge >= 0.3 is 0 Å². The summed E-state index contributed by atoms with van der Waals surface area (Å²) in [6, 6.07) is 6.80. The molecule has 0 radical (unpaired) electrons. The fourth-order valence-corrected chi connectivity index (χ4v) is 2.75. The molecule has 0 saturated carbocycles. The highest BCUT2D eigenvalue weighted by Gasteiger charge is 2.31. The lowest BCUT2D eigenvalue weighted by atomic mass is 10.0. The van der Waals surface area contributed by atoms with Gasteiger partial charge in [0, 0.05) is 17.1 Å². The van der Waals surface area contributed by atoms with E-state index in [2.05, 4.69) is 20.8 Å². The molecule has 1 atom stereocenters. The summed E-state index contributed by atoms with van der Waals surface area (Å²) in [4.78, 5) is 16.9. The van der Waals surface area contributed by atoms with Gasteiger partial charge in [0.15, 0.2) is 5.82 Å². The molecular weight excluding hydrogens is 316 g/mol. The zero-order chi connectivity index (χ0) is 16.4. The Morgan fingerprint density at radius 2 is 2.30 bits per heavy atom. The molecule has 23 heavy (non-hydrogen) atoms. The molecule has 2 heterocycles. The van der Waals surface area contributed by atoms with Crippen LogP contribution in [0.25, 0.3) is 0 Å². The standard InChI is InChI=1S/C16H19ClN4O2/c1-16(2,20-13(22)10-4-3-5-12(17)8-10)15-19-14(23-21-15)11-6-7-18-9-11/h3-5,8,11,18H,6-7,9H2,1-2H3,(H,20,22)/t11-/m1/s1. The van der Waals surface area contributed by atoms with Crippen LogP contribution in [0.4, 0.5) is 0 Å². The molecule has 7 heteroatoms. The molecule has 0 bridgehead atoms. The van der Waals surface area contributed by atoms with E-state index >= 15 is 0 Å². The Labute approximate surface area is 139 Å². The number of hydrogen-bond donors (Lipinski definition) is 2. The highest BCUT2D eigenvalue weighted by Crippen LogP contribution is 2.24. The summed E-state index contributed by atoms with van der Waals surface area (Å²) in [5.41, 5.74) is -0.248. The molecule has 1 fully saturated rings. The zero-order valence-electron chi connectivity index (χ0n) is 13.1. The Kier molecular flexibility index (Phi) is 4.37. The van der Waals surface area contributed by atoms with E-state index in [9.17, 15) is 4.79 Å². The molecule has 1 aromatic heterocycles. The average Bonchev–Trinajstić information content (AvgIpc) is 3.18. The molecule has 1 aliphatic heterocycles. The summed E-state index contributed by atoms with van der Waals surface area (Å²) < 4.78 is 5.37. The summed E-state index contributed by atoms with van der Waals surface area (Å²) in [5.74, 6) is 1.10. The highest BCUT2D eigenvalue weighted by atomic mass is 35.5. The first-order chi connectivity index (χ1) is 11.0. The van der Waals surface area contributed by atoms with Crippen LogP contribution >= 0.6 is 11.6 Å². The lowest BCUT2D eigenvalue weighted by molar-refractivity contribution is 0.0907. The van der Waals surface area contributed by atoms with Crippen LogP contribution in [0.5, 0.6) is 0 Å². The van der Waals surface area contributed by atoms with Crippen molar-refractivity contribution in [2.24, 2.45) is 0 Å². The molecule has 0 spiro atoms. The number of halogens is 1. The fourth-order valence-electron chi connectivity index (χ4n) is 2.56. The highest BCUT2D eigenvalue weighted by molar-refractivity contribution is 6.30. The quantitative estimate of drug-likeness (QED) is 0.897. The third kappa shape index (κ3) is 3.54. The topological polar surface area (TPSA) is 80.0 Å². The SMILES string of the molecule is CC(C)(NC(=O)c1cccc(Cl)c1)c1noc([C@@H]2CCNC2)n1. The largest absolute Gasteiger partial charge is 0.340 e. The van der Waals surface area contributed by atoms with Gasteiger partial charge in [-0.1, -0.05) is 22.8 Å². The predicted octanol–water partition coefficient (Wildman–Crippen LogP) is 2.46. The first-order valence-electron chi connectivity index (χ1n) is 7.58. The zero-order valence-corrected chi connectivity index (χ0v) is 13.9. The maximum absolute atomic E-state index is 12.4. The van der Waals surface area contributed by atoms with Gasteiger partial charge in [-0.05, 0) is 45.0 Å². The van der Waals surface area contributed by atoms with E-state index in [4.69, 9.17) is 16.1 Å². The van der Waals surface area contributed by atoms with Gasteiger partial charge in [-0.15, -0.1) is 0 Å². The van der Waals surface area contributed by atoms with Crippen molar-refractivity contribution in [1.29, 1.82) is 0 Å². The van der Waals surface area contributed by atoms with Gasteiger partial charge in [-0.2, -0.15) is 4.98 Å². The minimum Gasteiger partial charge on any atom is -0.340 e. The van der Waals surface area contributed by atoms with Gasteiger partial charge in [0.25, 0.3) is 5.91 Å². The first-order valence-corrected chi connectivity index (χ1v) is 7.96. The first kappa shape index (κ1) is 16.0. The molecule has 2 aromatic rings. The van der Waals surface area contributed by atoms with Gasteiger partial charge in [0.1, 0.15) is 0 Å². The van der Waals surface area contributed by atoms with E-state index in [0.717, 1.165) is 19.5 Å². The predicted molar refractivity (Wildman–Crippen MR) is 86.5 cm³/mol. The Balaban J connectivity index is 1.74. The van der Waals surface area contributed by atoms with Crippen LogP contribution in [0, 0.1) is 0 Å². The molecule has 122 valence electrons. The number of carbonyl (C=O) groups is 1. The summed E-state index contributed by atoms with van der Waals surface area (Å²) in [7, 11) is 0. The Hall–Kier alpha value is -1.92. The smallest absolute Gasteiger partial charge is 0.252 e. The second-order valence-electron chi connectivity index (χ2n) is 6.24. The molecule has 3 rings (SSSR count). The maximum Gasteiger partial charge on any atom is 0.252 e. The van der Waals surface area contributed by atoms with Crippen molar-refractivity contribution in [1.82, 2.24) is 20.8 Å². The average molecular weight is 335 g/mol. The van der Waals surface area contributed by atoms with Crippen molar-refractivity contribution in [3.05, 3.63) is 46.6 Å². The van der Waals surface area contributed by atoms with Crippen molar-refractivity contribution >= 4 is 17.5 Å². The van der Waals surface area contributed by atoms with Crippen LogP contribution in [0.1, 0.15) is 48.3 Å². The van der Waals surface area contributed by atoms with E-state index in [1.165, 1.54) is 0 Å². The van der Waals surface area contributed by atoms with E-state index in [-0.39, 0.29) is 11.8 Å². The molecule has 6 nitrogen and oxygen atoms in total. The summed E-state index contributed by atoms with van der Waals surface area (Å²) in [6.45, 7) is 5.49. The summed E-state index contributed by atoms with van der Waals surface area (Å²) >= 11 is 5.93. The molecule has 1 amide bonds. The van der Waals surface area contributed by atoms with Gasteiger partial charge < -0.3 is 15.2 Å². The van der Waals surface area contributed by atoms with Crippen molar-refractivity contribution in [2.45, 2.75) is 31.7 Å². The third-order valence-electron chi connectivity index (χ3n) is 3.92. The van der Waals surface area contributed by atoms with Crippen LogP contribution in [0.15, 0.2) is 28.8 Å². The van der Waals surface area contributed by atoms with E-state index in [1.807, 2.05) is 13.8 Å². The van der Waals surface area contributed by atoms with Crippen LogP contribution < -0.4 is 10.6 Å². The van der Waals surface area contributed by atoms with Crippen molar-refractivity contribution in [3.63, 3.8) is 0 Å². The van der Waals surface area contributed by atoms with Gasteiger partial charge in [-0.25, -0.2) is 0 Å². The number of hydrogen-bond acceptors (Lipinski definition) is 5. The molecular formula is C16H19ClN4O2. The lowest BCUT2D eigenvalue weighted by Gasteiger charge is -2.22.